The lowest BCUT2D eigenvalue weighted by Crippen LogP contribution is -2.44. The summed E-state index contributed by atoms with van der Waals surface area (Å²) in [4.78, 5) is 2.60. The largest absolute Gasteiger partial charge is 0.379 e. The second kappa shape index (κ2) is 8.12. The van der Waals surface area contributed by atoms with Crippen LogP contribution in [0.2, 0.25) is 0 Å². The highest BCUT2D eigenvalue weighted by molar-refractivity contribution is 6.21. The molecule has 1 spiro atoms. The Morgan fingerprint density at radius 2 is 1.61 bits per heavy atom. The zero-order chi connectivity index (χ0) is 20.8. The van der Waals surface area contributed by atoms with Crippen LogP contribution in [-0.4, -0.2) is 71.0 Å². The first kappa shape index (κ1) is 20.1. The molecule has 1 saturated carbocycles. The summed E-state index contributed by atoms with van der Waals surface area (Å²) in [6, 6.07) is 9.07. The van der Waals surface area contributed by atoms with Crippen LogP contribution < -0.4 is 0 Å². The Kier molecular flexibility index (Phi) is 5.27. The van der Waals surface area contributed by atoms with Gasteiger partial charge in [0.2, 0.25) is 0 Å². The van der Waals surface area contributed by atoms with E-state index < -0.39 is 11.2 Å². The van der Waals surface area contributed by atoms with E-state index in [4.69, 9.17) is 25.8 Å². The quantitative estimate of drug-likeness (QED) is 0.663. The Hall–Kier alpha value is -1.51. The van der Waals surface area contributed by atoms with E-state index in [1.807, 2.05) is 0 Å². The van der Waals surface area contributed by atoms with Crippen molar-refractivity contribution in [1.29, 1.82) is 0 Å². The molecule has 0 amide bonds. The third kappa shape index (κ3) is 3.42. The Morgan fingerprint density at radius 1 is 0.903 bits per heavy atom. The van der Waals surface area contributed by atoms with Crippen LogP contribution in [0, 0.1) is 0 Å². The van der Waals surface area contributed by atoms with Crippen molar-refractivity contribution in [2.75, 3.05) is 39.5 Å². The van der Waals surface area contributed by atoms with Crippen molar-refractivity contribution < 1.29 is 14.2 Å². The first-order chi connectivity index (χ1) is 15.3. The number of alkyl halides is 1. The van der Waals surface area contributed by atoms with Crippen molar-refractivity contribution in [2.45, 2.75) is 55.2 Å². The molecule has 4 aliphatic rings. The molecule has 4 heterocycles. The maximum atomic E-state index is 6.99. The lowest BCUT2D eigenvalue weighted by molar-refractivity contribution is -0.159. The zero-order valence-corrected chi connectivity index (χ0v) is 18.5. The van der Waals surface area contributed by atoms with Gasteiger partial charge in [-0.05, 0) is 37.3 Å². The van der Waals surface area contributed by atoms with Crippen LogP contribution in [0.4, 0.5) is 0 Å². The van der Waals surface area contributed by atoms with E-state index in [0.717, 1.165) is 62.0 Å². The molecule has 1 aromatic heterocycles. The van der Waals surface area contributed by atoms with E-state index in [2.05, 4.69) is 43.9 Å². The van der Waals surface area contributed by atoms with Gasteiger partial charge in [-0.25, -0.2) is 0 Å². The van der Waals surface area contributed by atoms with Gasteiger partial charge in [0, 0.05) is 31.5 Å². The van der Waals surface area contributed by atoms with Crippen molar-refractivity contribution in [3.63, 3.8) is 0 Å². The molecule has 1 aliphatic carbocycles. The first-order valence-corrected chi connectivity index (χ1v) is 12.0. The number of hydrogen-bond donors (Lipinski definition) is 0. The second-order valence-corrected chi connectivity index (χ2v) is 9.52. The van der Waals surface area contributed by atoms with Gasteiger partial charge in [0.15, 0.2) is 11.6 Å². The summed E-state index contributed by atoms with van der Waals surface area (Å²) in [5, 5.41) is 8.78. The summed E-state index contributed by atoms with van der Waals surface area (Å²) in [5.74, 6) is 1.28. The second-order valence-electron chi connectivity index (χ2n) is 9.08. The molecule has 3 fully saturated rings. The standard InChI is InChI=1S/C23H29ClN4O3/c24-20-22-26-25-21(16-5-7-18(8-6-16)27-9-11-29-12-10-27)28(22)19-4-2-1-3-17(19)15-23(20)30-13-14-31-23/h1-4,16,18,20H,5-15H2. The maximum Gasteiger partial charge on any atom is 0.196 e. The number of rotatable bonds is 2. The Bertz CT molecular complexity index is 931. The minimum atomic E-state index is -0.871. The lowest BCUT2D eigenvalue weighted by Gasteiger charge is -2.38. The molecule has 2 saturated heterocycles. The Balaban J connectivity index is 1.32. The average Bonchev–Trinajstić information content (AvgIpc) is 3.46. The van der Waals surface area contributed by atoms with Gasteiger partial charge in [-0.1, -0.05) is 18.2 Å². The Labute approximate surface area is 187 Å². The highest BCUT2D eigenvalue weighted by Crippen LogP contribution is 2.46. The van der Waals surface area contributed by atoms with Crippen LogP contribution >= 0.6 is 11.6 Å². The molecule has 1 unspecified atom stereocenters. The minimum Gasteiger partial charge on any atom is -0.379 e. The number of para-hydroxylation sites is 1. The maximum absolute atomic E-state index is 6.99. The van der Waals surface area contributed by atoms with Crippen LogP contribution in [-0.2, 0) is 20.6 Å². The van der Waals surface area contributed by atoms with Crippen LogP contribution in [0.3, 0.4) is 0 Å². The number of nitrogens with zero attached hydrogens (tertiary/aromatic N) is 4. The molecule has 0 bridgehead atoms. The SMILES string of the molecule is ClC1c2nnc(C3CCC(N4CCOCC4)CC3)n2-c2ccccc2CC12OCCO2. The topological polar surface area (TPSA) is 61.6 Å². The lowest BCUT2D eigenvalue weighted by atomic mass is 9.84. The smallest absolute Gasteiger partial charge is 0.196 e. The normalized spacial score (nSPS) is 30.7. The fourth-order valence-corrected chi connectivity index (χ4v) is 6.12. The molecule has 6 rings (SSSR count). The molecule has 0 radical (unpaired) electrons. The summed E-state index contributed by atoms with van der Waals surface area (Å²) in [6.07, 6.45) is 5.23. The van der Waals surface area contributed by atoms with Crippen molar-refractivity contribution in [3.8, 4) is 5.69 Å². The third-order valence-electron chi connectivity index (χ3n) is 7.40. The monoisotopic (exact) mass is 444 g/mol. The van der Waals surface area contributed by atoms with E-state index in [-0.39, 0.29) is 0 Å². The van der Waals surface area contributed by atoms with E-state index in [1.54, 1.807) is 0 Å². The van der Waals surface area contributed by atoms with Crippen molar-refractivity contribution in [1.82, 2.24) is 19.7 Å². The molecule has 8 heteroatoms. The molecule has 3 aliphatic heterocycles. The summed E-state index contributed by atoms with van der Waals surface area (Å²) < 4.78 is 19.9. The number of fused-ring (bicyclic) bond motifs is 3. The fraction of sp³-hybridized carbons (Fsp3) is 0.652. The van der Waals surface area contributed by atoms with Gasteiger partial charge in [-0.3, -0.25) is 9.47 Å². The molecule has 0 N–H and O–H groups in total. The van der Waals surface area contributed by atoms with Crippen LogP contribution in [0.15, 0.2) is 24.3 Å². The predicted octanol–water partition coefficient (Wildman–Crippen LogP) is 3.20. The van der Waals surface area contributed by atoms with E-state index in [1.165, 1.54) is 12.8 Å². The van der Waals surface area contributed by atoms with Gasteiger partial charge in [0.05, 0.1) is 32.1 Å². The molecule has 31 heavy (non-hydrogen) atoms. The minimum absolute atomic E-state index is 0.384. The first-order valence-electron chi connectivity index (χ1n) is 11.5. The number of aromatic nitrogens is 3. The number of halogens is 1. The molecule has 7 nitrogen and oxygen atoms in total. The van der Waals surface area contributed by atoms with Crippen LogP contribution in [0.1, 0.15) is 54.2 Å². The fourth-order valence-electron chi connectivity index (χ4n) is 5.78. The van der Waals surface area contributed by atoms with Crippen LogP contribution in [0.5, 0.6) is 0 Å². The zero-order valence-electron chi connectivity index (χ0n) is 17.7. The van der Waals surface area contributed by atoms with Gasteiger partial charge >= 0.3 is 0 Å². The van der Waals surface area contributed by atoms with Gasteiger partial charge in [0.25, 0.3) is 0 Å². The van der Waals surface area contributed by atoms with Crippen molar-refractivity contribution in [3.05, 3.63) is 41.5 Å². The number of morpholine rings is 1. The molecular formula is C23H29ClN4O3. The molecule has 1 aromatic carbocycles. The number of benzene rings is 1. The van der Waals surface area contributed by atoms with Crippen molar-refractivity contribution >= 4 is 11.6 Å². The summed E-state index contributed by atoms with van der Waals surface area (Å²) in [6.45, 7) is 4.93. The Morgan fingerprint density at radius 3 is 2.39 bits per heavy atom. The third-order valence-corrected chi connectivity index (χ3v) is 7.92. The number of hydrogen-bond acceptors (Lipinski definition) is 6. The van der Waals surface area contributed by atoms with Gasteiger partial charge in [-0.2, -0.15) is 0 Å². The summed E-state index contributed by atoms with van der Waals surface area (Å²) in [5.41, 5.74) is 2.27. The molecular weight excluding hydrogens is 416 g/mol. The molecule has 1 atom stereocenters. The highest BCUT2D eigenvalue weighted by atomic mass is 35.5. The van der Waals surface area contributed by atoms with Gasteiger partial charge in [-0.15, -0.1) is 21.8 Å². The van der Waals surface area contributed by atoms with E-state index in [0.29, 0.717) is 31.6 Å². The van der Waals surface area contributed by atoms with Crippen LogP contribution in [0.25, 0.3) is 5.69 Å². The summed E-state index contributed by atoms with van der Waals surface area (Å²) >= 11 is 6.99. The van der Waals surface area contributed by atoms with Gasteiger partial charge in [0.1, 0.15) is 11.2 Å². The summed E-state index contributed by atoms with van der Waals surface area (Å²) in [7, 11) is 0. The van der Waals surface area contributed by atoms with Gasteiger partial charge < -0.3 is 14.2 Å². The molecule has 2 aromatic rings. The highest BCUT2D eigenvalue weighted by Gasteiger charge is 2.50. The predicted molar refractivity (Wildman–Crippen MR) is 116 cm³/mol. The molecule has 166 valence electrons. The van der Waals surface area contributed by atoms with E-state index >= 15 is 0 Å². The number of ether oxygens (including phenoxy) is 3. The average molecular weight is 445 g/mol. The van der Waals surface area contributed by atoms with Crippen molar-refractivity contribution in [2.24, 2.45) is 0 Å². The van der Waals surface area contributed by atoms with E-state index in [9.17, 15) is 0 Å².